The Morgan fingerprint density at radius 2 is 1.86 bits per heavy atom. The van der Waals surface area contributed by atoms with E-state index in [1.165, 1.54) is 6.92 Å². The predicted molar refractivity (Wildman–Crippen MR) is 65.1 cm³/mol. The van der Waals surface area contributed by atoms with E-state index in [0.717, 1.165) is 24.3 Å². The molecule has 2 N–H and O–H groups in total. The lowest BCUT2D eigenvalue weighted by Gasteiger charge is -2.11. The van der Waals surface area contributed by atoms with Crippen LogP contribution in [0.2, 0.25) is 0 Å². The van der Waals surface area contributed by atoms with E-state index >= 15 is 0 Å². The lowest BCUT2D eigenvalue weighted by atomic mass is 10.2. The molecule has 1 atom stereocenters. The molecule has 118 valence electrons. The Bertz CT molecular complexity index is 597. The highest BCUT2D eigenvalue weighted by Gasteiger charge is 2.31. The second-order valence-electron chi connectivity index (χ2n) is 4.11. The first kappa shape index (κ1) is 17.2. The molecule has 0 aliphatic heterocycles. The van der Waals surface area contributed by atoms with E-state index in [-0.39, 0.29) is 11.4 Å². The number of carboxylic acids is 1. The summed E-state index contributed by atoms with van der Waals surface area (Å²) in [4.78, 5) is 10.3. The fourth-order valence-corrected chi connectivity index (χ4v) is 2.36. The molecule has 10 heteroatoms. The minimum atomic E-state index is -4.87. The molecule has 0 bridgehead atoms. The minimum Gasteiger partial charge on any atom is -0.481 e. The van der Waals surface area contributed by atoms with Gasteiger partial charge in [0.1, 0.15) is 5.75 Å². The lowest BCUT2D eigenvalue weighted by Crippen LogP contribution is -2.31. The minimum absolute atomic E-state index is 0.297. The lowest BCUT2D eigenvalue weighted by molar-refractivity contribution is -0.274. The van der Waals surface area contributed by atoms with E-state index in [1.54, 1.807) is 0 Å². The number of halogens is 3. The quantitative estimate of drug-likeness (QED) is 0.827. The van der Waals surface area contributed by atoms with Crippen molar-refractivity contribution in [2.75, 3.05) is 6.54 Å². The molecule has 1 aromatic carbocycles. The topological polar surface area (TPSA) is 92.7 Å². The fourth-order valence-electron chi connectivity index (χ4n) is 1.23. The van der Waals surface area contributed by atoms with Gasteiger partial charge in [-0.3, -0.25) is 4.79 Å². The van der Waals surface area contributed by atoms with E-state index in [2.05, 4.69) is 9.46 Å². The first-order chi connectivity index (χ1) is 9.51. The Morgan fingerprint density at radius 1 is 1.33 bits per heavy atom. The van der Waals surface area contributed by atoms with Gasteiger partial charge in [-0.2, -0.15) is 0 Å². The number of ether oxygens (including phenoxy) is 1. The molecule has 6 nitrogen and oxygen atoms in total. The molecule has 0 amide bonds. The van der Waals surface area contributed by atoms with Crippen molar-refractivity contribution in [1.29, 1.82) is 0 Å². The van der Waals surface area contributed by atoms with Gasteiger partial charge >= 0.3 is 12.3 Å². The van der Waals surface area contributed by atoms with Crippen molar-refractivity contribution >= 4 is 16.0 Å². The molecule has 0 saturated heterocycles. The Balaban J connectivity index is 2.78. The van der Waals surface area contributed by atoms with Crippen LogP contribution >= 0.6 is 0 Å². The zero-order chi connectivity index (χ0) is 16.3. The molecule has 1 rings (SSSR count). The summed E-state index contributed by atoms with van der Waals surface area (Å²) in [6.07, 6.45) is -4.87. The normalized spacial score (nSPS) is 13.7. The van der Waals surface area contributed by atoms with Gasteiger partial charge in [0.15, 0.2) is 0 Å². The van der Waals surface area contributed by atoms with Crippen molar-refractivity contribution in [3.8, 4) is 5.75 Å². The van der Waals surface area contributed by atoms with Crippen LogP contribution in [0, 0.1) is 5.92 Å². The van der Waals surface area contributed by atoms with Crippen molar-refractivity contribution in [2.24, 2.45) is 5.92 Å². The molecule has 0 aliphatic rings. The fraction of sp³-hybridized carbons (Fsp3) is 0.364. The van der Waals surface area contributed by atoms with Gasteiger partial charge in [0.2, 0.25) is 10.0 Å². The molecular formula is C11H12F3NO5S. The molecule has 0 aromatic heterocycles. The highest BCUT2D eigenvalue weighted by Crippen LogP contribution is 2.23. The van der Waals surface area contributed by atoms with E-state index in [9.17, 15) is 26.4 Å². The number of sulfonamides is 1. The SMILES string of the molecule is CC(CNS(=O)(=O)c1ccc(OC(F)(F)F)cc1)C(=O)O. The average molecular weight is 327 g/mol. The van der Waals surface area contributed by atoms with Crippen molar-refractivity contribution < 1.29 is 36.2 Å². The van der Waals surface area contributed by atoms with Crippen LogP contribution in [0.3, 0.4) is 0 Å². The Morgan fingerprint density at radius 3 is 2.29 bits per heavy atom. The summed E-state index contributed by atoms with van der Waals surface area (Å²) in [6.45, 7) is 0.976. The molecule has 0 heterocycles. The van der Waals surface area contributed by atoms with Crippen LogP contribution in [0.1, 0.15) is 6.92 Å². The summed E-state index contributed by atoms with van der Waals surface area (Å²) in [5.74, 6) is -2.67. The summed E-state index contributed by atoms with van der Waals surface area (Å²) in [5.41, 5.74) is 0. The third-order valence-electron chi connectivity index (χ3n) is 2.37. The number of aliphatic carboxylic acids is 1. The number of alkyl halides is 3. The maximum atomic E-state index is 12.0. The molecule has 0 radical (unpaired) electrons. The van der Waals surface area contributed by atoms with Gasteiger partial charge in [-0.25, -0.2) is 13.1 Å². The van der Waals surface area contributed by atoms with Gasteiger partial charge in [-0.1, -0.05) is 6.92 Å². The molecule has 0 aliphatic carbocycles. The molecule has 1 unspecified atom stereocenters. The summed E-state index contributed by atoms with van der Waals surface area (Å²) in [5, 5.41) is 8.64. The third-order valence-corrected chi connectivity index (χ3v) is 3.81. The largest absolute Gasteiger partial charge is 0.573 e. The summed E-state index contributed by atoms with van der Waals surface area (Å²) in [7, 11) is -4.00. The maximum absolute atomic E-state index is 12.0. The van der Waals surface area contributed by atoms with Crippen LogP contribution in [-0.2, 0) is 14.8 Å². The number of carbonyl (C=O) groups is 1. The molecular weight excluding hydrogens is 315 g/mol. The monoisotopic (exact) mass is 327 g/mol. The predicted octanol–water partition coefficient (Wildman–Crippen LogP) is 1.58. The Hall–Kier alpha value is -1.81. The first-order valence-electron chi connectivity index (χ1n) is 5.59. The number of hydrogen-bond acceptors (Lipinski definition) is 4. The van der Waals surface area contributed by atoms with Gasteiger partial charge in [-0.05, 0) is 24.3 Å². The Kier molecular flexibility index (Phi) is 5.18. The first-order valence-corrected chi connectivity index (χ1v) is 7.08. The van der Waals surface area contributed by atoms with Crippen LogP contribution in [0.25, 0.3) is 0 Å². The number of rotatable bonds is 6. The van der Waals surface area contributed by atoms with E-state index in [4.69, 9.17) is 5.11 Å². The van der Waals surface area contributed by atoms with Crippen molar-refractivity contribution in [1.82, 2.24) is 4.72 Å². The molecule has 1 aromatic rings. The highest BCUT2D eigenvalue weighted by atomic mass is 32.2. The number of nitrogens with one attached hydrogen (secondary N) is 1. The van der Waals surface area contributed by atoms with Gasteiger partial charge in [-0.15, -0.1) is 13.2 Å². The number of benzene rings is 1. The highest BCUT2D eigenvalue weighted by molar-refractivity contribution is 7.89. The smallest absolute Gasteiger partial charge is 0.481 e. The van der Waals surface area contributed by atoms with Gasteiger partial charge in [0, 0.05) is 6.54 Å². The van der Waals surface area contributed by atoms with Crippen LogP contribution in [0.15, 0.2) is 29.2 Å². The van der Waals surface area contributed by atoms with Crippen molar-refractivity contribution in [3.63, 3.8) is 0 Å². The Labute approximate surface area is 118 Å². The molecule has 0 spiro atoms. The van der Waals surface area contributed by atoms with Crippen LogP contribution in [-0.4, -0.2) is 32.4 Å². The van der Waals surface area contributed by atoms with E-state index in [1.807, 2.05) is 0 Å². The van der Waals surface area contributed by atoms with Gasteiger partial charge < -0.3 is 9.84 Å². The van der Waals surface area contributed by atoms with E-state index < -0.39 is 34.0 Å². The molecule has 0 fully saturated rings. The zero-order valence-corrected chi connectivity index (χ0v) is 11.5. The summed E-state index contributed by atoms with van der Waals surface area (Å²) >= 11 is 0. The number of hydrogen-bond donors (Lipinski definition) is 2. The van der Waals surface area contributed by atoms with Crippen LogP contribution in [0.4, 0.5) is 13.2 Å². The van der Waals surface area contributed by atoms with Crippen LogP contribution < -0.4 is 9.46 Å². The third kappa shape index (κ3) is 5.60. The van der Waals surface area contributed by atoms with Gasteiger partial charge in [0.05, 0.1) is 10.8 Å². The summed E-state index contributed by atoms with van der Waals surface area (Å²) in [6, 6.07) is 3.55. The zero-order valence-electron chi connectivity index (χ0n) is 10.7. The van der Waals surface area contributed by atoms with E-state index in [0.29, 0.717) is 0 Å². The van der Waals surface area contributed by atoms with Crippen LogP contribution in [0.5, 0.6) is 5.75 Å². The standard InChI is InChI=1S/C11H12F3NO5S/c1-7(10(16)17)6-15-21(18,19)9-4-2-8(3-5-9)20-11(12,13)14/h2-5,7,15H,6H2,1H3,(H,16,17). The maximum Gasteiger partial charge on any atom is 0.573 e. The van der Waals surface area contributed by atoms with Crippen molar-refractivity contribution in [3.05, 3.63) is 24.3 Å². The molecule has 21 heavy (non-hydrogen) atoms. The van der Waals surface area contributed by atoms with Gasteiger partial charge in [0.25, 0.3) is 0 Å². The second-order valence-corrected chi connectivity index (χ2v) is 5.88. The number of carboxylic acid groups (broad SMARTS) is 1. The molecule has 0 saturated carbocycles. The second kappa shape index (κ2) is 6.31. The van der Waals surface area contributed by atoms with Crippen molar-refractivity contribution in [2.45, 2.75) is 18.2 Å². The average Bonchev–Trinajstić information content (AvgIpc) is 2.34. The summed E-state index contributed by atoms with van der Waals surface area (Å²) < 4.78 is 65.1.